The molecule has 208 valence electrons. The van der Waals surface area contributed by atoms with Gasteiger partial charge in [-0.05, 0) is 62.4 Å². The Hall–Kier alpha value is -3.91. The van der Waals surface area contributed by atoms with Gasteiger partial charge in [0.15, 0.2) is 5.82 Å². The highest BCUT2D eigenvalue weighted by Crippen LogP contribution is 2.40. The summed E-state index contributed by atoms with van der Waals surface area (Å²) in [4.78, 5) is 24.7. The fourth-order valence-electron chi connectivity index (χ4n) is 5.54. The summed E-state index contributed by atoms with van der Waals surface area (Å²) in [6.07, 6.45) is 12.3. The lowest BCUT2D eigenvalue weighted by Crippen LogP contribution is -2.47. The molecule has 4 heterocycles. The molecule has 10 nitrogen and oxygen atoms in total. The Labute approximate surface area is 234 Å². The Morgan fingerprint density at radius 3 is 2.62 bits per heavy atom. The maximum atomic E-state index is 13.1. The Morgan fingerprint density at radius 1 is 1.18 bits per heavy atom. The first-order valence-corrected chi connectivity index (χ1v) is 13.7. The molecule has 3 aromatic heterocycles. The van der Waals surface area contributed by atoms with Gasteiger partial charge in [-0.15, -0.1) is 0 Å². The van der Waals surface area contributed by atoms with Crippen molar-refractivity contribution >= 4 is 17.7 Å². The molecule has 10 heteroatoms. The van der Waals surface area contributed by atoms with Crippen LogP contribution in [0.25, 0.3) is 11.9 Å². The number of amides is 1. The molecule has 2 fully saturated rings. The number of rotatable bonds is 8. The second-order valence-corrected chi connectivity index (χ2v) is 10.3. The second-order valence-electron chi connectivity index (χ2n) is 10.3. The predicted molar refractivity (Wildman–Crippen MR) is 151 cm³/mol. The number of aromatic nitrogens is 4. The van der Waals surface area contributed by atoms with Crippen molar-refractivity contribution in [1.29, 1.82) is 5.26 Å². The molecule has 0 radical (unpaired) electrons. The molecule has 0 atom stereocenters. The van der Waals surface area contributed by atoms with Crippen LogP contribution < -0.4 is 5.32 Å². The average molecular weight is 542 g/mol. The van der Waals surface area contributed by atoms with Gasteiger partial charge in [-0.2, -0.15) is 10.4 Å². The van der Waals surface area contributed by atoms with E-state index in [9.17, 15) is 10.1 Å². The highest BCUT2D eigenvalue weighted by atomic mass is 16.5. The third-order valence-corrected chi connectivity index (χ3v) is 7.91. The lowest BCUT2D eigenvalue weighted by atomic mass is 9.71. The molecule has 1 amide bonds. The molecule has 0 aromatic carbocycles. The van der Waals surface area contributed by atoms with Crippen LogP contribution in [-0.4, -0.2) is 76.6 Å². The molecule has 1 saturated heterocycles. The SMILES string of the molecule is COC/C=C/c1ccc(-n2ncc(C(=O)Nc3ccc([C@]4(C#N)CC[C@@H](N5CCOCC5)CC4)nc3)c2C)nc1. The zero-order valence-electron chi connectivity index (χ0n) is 23.0. The van der Waals surface area contributed by atoms with Gasteiger partial charge < -0.3 is 14.8 Å². The van der Waals surface area contributed by atoms with Crippen molar-refractivity contribution in [2.45, 2.75) is 44.1 Å². The minimum atomic E-state index is -0.592. The number of nitrogens with zero attached hydrogens (tertiary/aromatic N) is 6. The molecular weight excluding hydrogens is 506 g/mol. The van der Waals surface area contributed by atoms with Crippen LogP contribution in [0.5, 0.6) is 0 Å². The van der Waals surface area contributed by atoms with Crippen LogP contribution in [0.2, 0.25) is 0 Å². The van der Waals surface area contributed by atoms with Crippen molar-refractivity contribution < 1.29 is 14.3 Å². The van der Waals surface area contributed by atoms with Crippen LogP contribution in [0.1, 0.15) is 53.0 Å². The van der Waals surface area contributed by atoms with Crippen LogP contribution in [0.3, 0.4) is 0 Å². The summed E-state index contributed by atoms with van der Waals surface area (Å²) >= 11 is 0. The molecule has 2 aliphatic rings. The third-order valence-electron chi connectivity index (χ3n) is 7.91. The van der Waals surface area contributed by atoms with E-state index in [0.717, 1.165) is 63.2 Å². The number of nitrogens with one attached hydrogen (secondary N) is 1. The van der Waals surface area contributed by atoms with E-state index in [2.05, 4.69) is 31.4 Å². The highest BCUT2D eigenvalue weighted by Gasteiger charge is 2.40. The Balaban J connectivity index is 1.22. The molecule has 40 heavy (non-hydrogen) atoms. The van der Waals surface area contributed by atoms with Crippen LogP contribution in [0.4, 0.5) is 5.69 Å². The standard InChI is InChI=1S/C30H35N7O3/c1-22-26(20-34-37(22)28-8-5-23(18-33-28)4-3-15-39-2)29(38)35-24-6-7-27(32-19-24)30(21-31)11-9-25(10-12-30)36-13-16-40-17-14-36/h3-8,18-20,25H,9-17H2,1-2H3,(H,35,38)/b4-3+/t25-,30-. The van der Waals surface area contributed by atoms with Crippen molar-refractivity contribution in [1.82, 2.24) is 24.6 Å². The number of hydrogen-bond donors (Lipinski definition) is 1. The van der Waals surface area contributed by atoms with Gasteiger partial charge in [-0.25, -0.2) is 9.67 Å². The first-order chi connectivity index (χ1) is 19.5. The summed E-state index contributed by atoms with van der Waals surface area (Å²) in [6, 6.07) is 10.6. The summed E-state index contributed by atoms with van der Waals surface area (Å²) in [5.74, 6) is 0.343. The van der Waals surface area contributed by atoms with Crippen molar-refractivity contribution in [3.8, 4) is 11.9 Å². The van der Waals surface area contributed by atoms with Crippen molar-refractivity contribution in [2.75, 3.05) is 45.3 Å². The van der Waals surface area contributed by atoms with Crippen LogP contribution >= 0.6 is 0 Å². The Morgan fingerprint density at radius 2 is 1.98 bits per heavy atom. The van der Waals surface area contributed by atoms with E-state index in [-0.39, 0.29) is 5.91 Å². The minimum Gasteiger partial charge on any atom is -0.381 e. The predicted octanol–water partition coefficient (Wildman–Crippen LogP) is 3.92. The Bertz CT molecular complexity index is 1360. The number of ether oxygens (including phenoxy) is 2. The van der Waals surface area contributed by atoms with Crippen molar-refractivity contribution in [3.63, 3.8) is 0 Å². The maximum Gasteiger partial charge on any atom is 0.259 e. The summed E-state index contributed by atoms with van der Waals surface area (Å²) in [7, 11) is 1.65. The quantitative estimate of drug-likeness (QED) is 0.456. The zero-order valence-corrected chi connectivity index (χ0v) is 23.0. The summed E-state index contributed by atoms with van der Waals surface area (Å²) in [6.45, 7) is 5.86. The van der Waals surface area contributed by atoms with Gasteiger partial charge in [-0.1, -0.05) is 12.2 Å². The maximum absolute atomic E-state index is 13.1. The fraction of sp³-hybridized carbons (Fsp3) is 0.433. The van der Waals surface area contributed by atoms with E-state index >= 15 is 0 Å². The van der Waals surface area contributed by atoms with Crippen molar-refractivity contribution in [3.05, 3.63) is 71.4 Å². The average Bonchev–Trinajstić information content (AvgIpc) is 3.39. The fourth-order valence-corrected chi connectivity index (χ4v) is 5.54. The largest absolute Gasteiger partial charge is 0.381 e. The van der Waals surface area contributed by atoms with E-state index in [0.29, 0.717) is 35.4 Å². The van der Waals surface area contributed by atoms with Gasteiger partial charge in [0.25, 0.3) is 5.91 Å². The smallest absolute Gasteiger partial charge is 0.259 e. The van der Waals surface area contributed by atoms with Gasteiger partial charge in [0, 0.05) is 32.4 Å². The number of methoxy groups -OCH3 is 1. The highest BCUT2D eigenvalue weighted by molar-refractivity contribution is 6.04. The lowest BCUT2D eigenvalue weighted by Gasteiger charge is -2.41. The number of pyridine rings is 2. The number of carbonyl (C=O) groups is 1. The first-order valence-electron chi connectivity index (χ1n) is 13.7. The Kier molecular flexibility index (Phi) is 8.65. The number of anilines is 1. The normalized spacial score (nSPS) is 21.8. The van der Waals surface area contributed by atoms with E-state index < -0.39 is 5.41 Å². The molecule has 1 aliphatic heterocycles. The summed E-state index contributed by atoms with van der Waals surface area (Å²) < 4.78 is 12.2. The lowest BCUT2D eigenvalue weighted by molar-refractivity contribution is 0.00493. The zero-order chi connectivity index (χ0) is 28.0. The number of hydrogen-bond acceptors (Lipinski definition) is 8. The van der Waals surface area contributed by atoms with E-state index in [1.165, 1.54) is 6.20 Å². The van der Waals surface area contributed by atoms with Gasteiger partial charge in [0.2, 0.25) is 0 Å². The van der Waals surface area contributed by atoms with Gasteiger partial charge in [-0.3, -0.25) is 14.7 Å². The van der Waals surface area contributed by atoms with Crippen LogP contribution in [0.15, 0.2) is 48.9 Å². The van der Waals surface area contributed by atoms with E-state index in [1.807, 2.05) is 43.3 Å². The number of carbonyl (C=O) groups excluding carboxylic acids is 1. The molecule has 0 bridgehead atoms. The molecule has 1 aliphatic carbocycles. The topological polar surface area (TPSA) is 118 Å². The molecular formula is C30H35N7O3. The summed E-state index contributed by atoms with van der Waals surface area (Å²) in [5, 5.41) is 17.4. The molecule has 3 aromatic rings. The van der Waals surface area contributed by atoms with E-state index in [4.69, 9.17) is 9.47 Å². The minimum absolute atomic E-state index is 0.279. The van der Waals surface area contributed by atoms with Gasteiger partial charge in [0.05, 0.1) is 66.3 Å². The molecule has 0 unspecified atom stereocenters. The molecule has 1 saturated carbocycles. The second kappa shape index (κ2) is 12.5. The molecule has 5 rings (SSSR count). The van der Waals surface area contributed by atoms with Crippen LogP contribution in [-0.2, 0) is 14.9 Å². The molecule has 1 N–H and O–H groups in total. The monoisotopic (exact) mass is 541 g/mol. The molecule has 0 spiro atoms. The first kappa shape index (κ1) is 27.6. The van der Waals surface area contributed by atoms with Crippen molar-refractivity contribution in [2.24, 2.45) is 0 Å². The summed E-state index contributed by atoms with van der Waals surface area (Å²) in [5.41, 5.74) is 2.82. The van der Waals surface area contributed by atoms with Crippen LogP contribution in [0, 0.1) is 18.3 Å². The van der Waals surface area contributed by atoms with Gasteiger partial charge >= 0.3 is 0 Å². The third kappa shape index (κ3) is 5.97. The van der Waals surface area contributed by atoms with E-state index in [1.54, 1.807) is 24.2 Å². The number of nitriles is 1. The van der Waals surface area contributed by atoms with Gasteiger partial charge in [0.1, 0.15) is 0 Å². The number of morpholine rings is 1.